The van der Waals surface area contributed by atoms with Crippen LogP contribution in [-0.4, -0.2) is 80.1 Å². The van der Waals surface area contributed by atoms with Crippen LogP contribution in [0, 0.1) is 5.82 Å². The van der Waals surface area contributed by atoms with E-state index in [1.807, 2.05) is 6.92 Å². The Morgan fingerprint density at radius 1 is 1.05 bits per heavy atom. The maximum atomic E-state index is 13.3. The quantitative estimate of drug-likeness (QED) is 0.486. The number of carbonyl (C=O) groups is 2. The number of carboxylic acids is 1. The molecule has 1 aliphatic rings. The highest BCUT2D eigenvalue weighted by Crippen LogP contribution is 2.22. The van der Waals surface area contributed by atoms with Crippen molar-refractivity contribution in [2.75, 3.05) is 39.3 Å². The van der Waals surface area contributed by atoms with Crippen LogP contribution in [0.4, 0.5) is 17.6 Å². The Bertz CT molecular complexity index is 1140. The molecule has 0 aliphatic carbocycles. The van der Waals surface area contributed by atoms with Crippen molar-refractivity contribution in [3.8, 4) is 5.75 Å². The molecule has 1 aliphatic heterocycles. The van der Waals surface area contributed by atoms with E-state index in [9.17, 15) is 30.8 Å². The van der Waals surface area contributed by atoms with Crippen molar-refractivity contribution in [3.05, 3.63) is 59.9 Å². The maximum Gasteiger partial charge on any atom is 0.490 e. The minimum absolute atomic E-state index is 0.0341. The summed E-state index contributed by atoms with van der Waals surface area (Å²) in [5, 5.41) is 10.3. The largest absolute Gasteiger partial charge is 0.494 e. The van der Waals surface area contributed by atoms with E-state index in [1.165, 1.54) is 36.4 Å². The van der Waals surface area contributed by atoms with E-state index in [4.69, 9.17) is 14.6 Å². The SMILES string of the molecule is CCOc1ccc(S(=O)(=O)N(CC(=O)N2CCNCC2)Cc2ccc(F)cc2)cc1.O=C(O)C(F)(F)F. The van der Waals surface area contributed by atoms with E-state index in [-0.39, 0.29) is 23.9 Å². The van der Waals surface area contributed by atoms with Crippen LogP contribution in [0.1, 0.15) is 12.5 Å². The third-order valence-electron chi connectivity index (χ3n) is 5.07. The van der Waals surface area contributed by atoms with Gasteiger partial charge in [0.1, 0.15) is 11.6 Å². The fourth-order valence-corrected chi connectivity index (χ4v) is 4.59. The third-order valence-corrected chi connectivity index (χ3v) is 6.87. The summed E-state index contributed by atoms with van der Waals surface area (Å²) < 4.78 is 78.2. The van der Waals surface area contributed by atoms with Crippen molar-refractivity contribution < 1.29 is 45.4 Å². The highest BCUT2D eigenvalue weighted by atomic mass is 32.2. The number of ether oxygens (including phenoxy) is 1. The summed E-state index contributed by atoms with van der Waals surface area (Å²) in [6, 6.07) is 11.7. The number of sulfonamides is 1. The molecular formula is C23H27F4N3O6S. The number of amides is 1. The lowest BCUT2D eigenvalue weighted by atomic mass is 10.2. The van der Waals surface area contributed by atoms with Gasteiger partial charge >= 0.3 is 12.1 Å². The normalized spacial score (nSPS) is 14.1. The molecule has 0 unspecified atom stereocenters. The fourth-order valence-electron chi connectivity index (χ4n) is 3.21. The Kier molecular flexibility index (Phi) is 10.8. The van der Waals surface area contributed by atoms with Crippen molar-refractivity contribution in [2.24, 2.45) is 0 Å². The number of aliphatic carboxylic acids is 1. The van der Waals surface area contributed by atoms with Gasteiger partial charge in [0.25, 0.3) is 0 Å². The van der Waals surface area contributed by atoms with Crippen LogP contribution in [0.3, 0.4) is 0 Å². The summed E-state index contributed by atoms with van der Waals surface area (Å²) in [4.78, 5) is 23.4. The van der Waals surface area contributed by atoms with Gasteiger partial charge in [-0.3, -0.25) is 4.79 Å². The van der Waals surface area contributed by atoms with Gasteiger partial charge in [-0.25, -0.2) is 17.6 Å². The lowest BCUT2D eigenvalue weighted by molar-refractivity contribution is -0.192. The molecule has 14 heteroatoms. The van der Waals surface area contributed by atoms with Crippen LogP contribution >= 0.6 is 0 Å². The number of halogens is 4. The molecule has 1 fully saturated rings. The van der Waals surface area contributed by atoms with Crippen molar-refractivity contribution in [2.45, 2.75) is 24.5 Å². The second-order valence-corrected chi connectivity index (χ2v) is 9.68. The molecule has 2 aromatic rings. The van der Waals surface area contributed by atoms with Gasteiger partial charge in [0.05, 0.1) is 18.0 Å². The van der Waals surface area contributed by atoms with Crippen LogP contribution in [0.15, 0.2) is 53.4 Å². The standard InChI is InChI=1S/C21H26FN3O4S.C2HF3O2/c1-2-29-19-7-9-20(10-8-19)30(27,28)25(15-17-3-5-18(22)6-4-17)16-21(26)24-13-11-23-12-14-24;3-2(4,5)1(6)7/h3-10,23H,2,11-16H2,1H3;(H,6,7). The zero-order valence-corrected chi connectivity index (χ0v) is 20.7. The van der Waals surface area contributed by atoms with Gasteiger partial charge < -0.3 is 20.1 Å². The molecule has 0 aromatic heterocycles. The number of hydrogen-bond acceptors (Lipinski definition) is 6. The number of benzene rings is 2. The Hall–Kier alpha value is -3.23. The molecule has 1 amide bonds. The van der Waals surface area contributed by atoms with Gasteiger partial charge in [0.15, 0.2) is 0 Å². The van der Waals surface area contributed by atoms with Crippen LogP contribution in [0.25, 0.3) is 0 Å². The first-order valence-electron chi connectivity index (χ1n) is 11.1. The van der Waals surface area contributed by atoms with Crippen LogP contribution in [-0.2, 0) is 26.2 Å². The molecule has 2 aromatic carbocycles. The number of nitrogens with one attached hydrogen (secondary N) is 1. The molecule has 0 bridgehead atoms. The zero-order valence-electron chi connectivity index (χ0n) is 19.9. The number of alkyl halides is 3. The van der Waals surface area contributed by atoms with Gasteiger partial charge in [-0.1, -0.05) is 12.1 Å². The number of piperazine rings is 1. The lowest BCUT2D eigenvalue weighted by Crippen LogP contribution is -2.50. The van der Waals surface area contributed by atoms with E-state index in [1.54, 1.807) is 17.0 Å². The van der Waals surface area contributed by atoms with Gasteiger partial charge in [0, 0.05) is 32.7 Å². The van der Waals surface area contributed by atoms with E-state index in [0.717, 1.165) is 4.31 Å². The topological polar surface area (TPSA) is 116 Å². The zero-order chi connectivity index (χ0) is 27.6. The summed E-state index contributed by atoms with van der Waals surface area (Å²) in [7, 11) is -3.95. The highest BCUT2D eigenvalue weighted by Gasteiger charge is 2.38. The van der Waals surface area contributed by atoms with Gasteiger partial charge in [-0.2, -0.15) is 17.5 Å². The Morgan fingerprint density at radius 2 is 1.59 bits per heavy atom. The van der Waals surface area contributed by atoms with E-state index in [0.29, 0.717) is 44.1 Å². The van der Waals surface area contributed by atoms with Gasteiger partial charge in [-0.05, 0) is 48.9 Å². The van der Waals surface area contributed by atoms with Crippen LogP contribution < -0.4 is 10.1 Å². The smallest absolute Gasteiger partial charge is 0.490 e. The molecule has 2 N–H and O–H groups in total. The summed E-state index contributed by atoms with van der Waals surface area (Å²) in [6.45, 7) is 4.42. The Labute approximate surface area is 211 Å². The van der Waals surface area contributed by atoms with Crippen molar-refractivity contribution in [3.63, 3.8) is 0 Å². The minimum Gasteiger partial charge on any atom is -0.494 e. The second-order valence-electron chi connectivity index (χ2n) is 7.74. The van der Waals surface area contributed by atoms with Crippen molar-refractivity contribution in [1.29, 1.82) is 0 Å². The molecule has 37 heavy (non-hydrogen) atoms. The predicted octanol–water partition coefficient (Wildman–Crippen LogP) is 2.48. The average molecular weight is 550 g/mol. The summed E-state index contributed by atoms with van der Waals surface area (Å²) in [5.41, 5.74) is 0.596. The third kappa shape index (κ3) is 9.30. The average Bonchev–Trinajstić information content (AvgIpc) is 2.86. The first-order valence-corrected chi connectivity index (χ1v) is 12.5. The van der Waals surface area contributed by atoms with E-state index in [2.05, 4.69) is 5.32 Å². The van der Waals surface area contributed by atoms with Crippen LogP contribution in [0.2, 0.25) is 0 Å². The molecule has 1 saturated heterocycles. The first-order chi connectivity index (χ1) is 17.3. The molecule has 9 nitrogen and oxygen atoms in total. The molecule has 0 atom stereocenters. The molecule has 0 saturated carbocycles. The highest BCUT2D eigenvalue weighted by molar-refractivity contribution is 7.89. The lowest BCUT2D eigenvalue weighted by Gasteiger charge is -2.30. The molecule has 1 heterocycles. The molecule has 0 spiro atoms. The summed E-state index contributed by atoms with van der Waals surface area (Å²) in [5.74, 6) is -2.85. The molecular weight excluding hydrogens is 522 g/mol. The number of carboxylic acid groups (broad SMARTS) is 1. The Morgan fingerprint density at radius 3 is 2.08 bits per heavy atom. The molecule has 0 radical (unpaired) electrons. The molecule has 3 rings (SSSR count). The van der Waals surface area contributed by atoms with E-state index < -0.39 is 28.0 Å². The van der Waals surface area contributed by atoms with E-state index >= 15 is 0 Å². The molecule has 204 valence electrons. The van der Waals surface area contributed by atoms with Gasteiger partial charge in [0.2, 0.25) is 15.9 Å². The van der Waals surface area contributed by atoms with Gasteiger partial charge in [-0.15, -0.1) is 0 Å². The number of nitrogens with zero attached hydrogens (tertiary/aromatic N) is 2. The second kappa shape index (κ2) is 13.4. The predicted molar refractivity (Wildman–Crippen MR) is 125 cm³/mol. The minimum atomic E-state index is -5.08. The first kappa shape index (κ1) is 30.0. The fraction of sp³-hybridized carbons (Fsp3) is 0.391. The monoisotopic (exact) mass is 549 g/mol. The maximum absolute atomic E-state index is 13.3. The van der Waals surface area contributed by atoms with Crippen molar-refractivity contribution in [1.82, 2.24) is 14.5 Å². The van der Waals surface area contributed by atoms with Crippen molar-refractivity contribution >= 4 is 21.9 Å². The number of hydrogen-bond donors (Lipinski definition) is 2. The summed E-state index contributed by atoms with van der Waals surface area (Å²) >= 11 is 0. The Balaban J connectivity index is 0.000000604. The van der Waals surface area contributed by atoms with Crippen LogP contribution in [0.5, 0.6) is 5.75 Å². The number of carbonyl (C=O) groups excluding carboxylic acids is 1. The number of rotatable bonds is 8. The summed E-state index contributed by atoms with van der Waals surface area (Å²) in [6.07, 6.45) is -5.08.